The number of ether oxygens (including phenoxy) is 2. The van der Waals surface area contributed by atoms with E-state index in [1.165, 1.54) is 0 Å². The molecule has 0 radical (unpaired) electrons. The van der Waals surface area contributed by atoms with E-state index < -0.39 is 0 Å². The standard InChI is InChI=1S/C18H26O4/c1-11(2)17(19)21-13(5)15-9-7-8-10-16(15)14(6)22-18(20)12(3)4/h7-14H,1-6H3/t13-,14+. The molecule has 1 aromatic carbocycles. The monoisotopic (exact) mass is 306 g/mol. The van der Waals surface area contributed by atoms with Gasteiger partial charge in [0.25, 0.3) is 0 Å². The van der Waals surface area contributed by atoms with E-state index in [2.05, 4.69) is 0 Å². The first-order chi connectivity index (χ1) is 10.2. The zero-order valence-electron chi connectivity index (χ0n) is 14.3. The van der Waals surface area contributed by atoms with Crippen molar-refractivity contribution in [1.82, 2.24) is 0 Å². The van der Waals surface area contributed by atoms with E-state index >= 15 is 0 Å². The van der Waals surface area contributed by atoms with Crippen LogP contribution in [0.1, 0.15) is 64.9 Å². The Hall–Kier alpha value is -1.84. The number of carbonyl (C=O) groups is 2. The highest BCUT2D eigenvalue weighted by molar-refractivity contribution is 5.72. The minimum atomic E-state index is -0.383. The van der Waals surface area contributed by atoms with Crippen LogP contribution < -0.4 is 0 Å². The van der Waals surface area contributed by atoms with Crippen molar-refractivity contribution in [3.05, 3.63) is 35.4 Å². The molecule has 4 heteroatoms. The van der Waals surface area contributed by atoms with Crippen LogP contribution in [-0.2, 0) is 19.1 Å². The third kappa shape index (κ3) is 4.86. The largest absolute Gasteiger partial charge is 0.458 e. The third-order valence-electron chi connectivity index (χ3n) is 3.40. The van der Waals surface area contributed by atoms with Gasteiger partial charge in [-0.15, -0.1) is 0 Å². The Morgan fingerprint density at radius 3 is 1.32 bits per heavy atom. The molecule has 22 heavy (non-hydrogen) atoms. The predicted octanol–water partition coefficient (Wildman–Crippen LogP) is 4.21. The van der Waals surface area contributed by atoms with Gasteiger partial charge >= 0.3 is 11.9 Å². The Morgan fingerprint density at radius 2 is 1.05 bits per heavy atom. The first-order valence-electron chi connectivity index (χ1n) is 7.73. The second kappa shape index (κ2) is 7.97. The molecule has 0 aliphatic carbocycles. The summed E-state index contributed by atoms with van der Waals surface area (Å²) in [6, 6.07) is 7.56. The number of hydrogen-bond donors (Lipinski definition) is 0. The van der Waals surface area contributed by atoms with E-state index in [0.717, 1.165) is 11.1 Å². The van der Waals surface area contributed by atoms with E-state index in [4.69, 9.17) is 9.47 Å². The van der Waals surface area contributed by atoms with Crippen LogP contribution in [0.15, 0.2) is 24.3 Å². The molecule has 1 rings (SSSR count). The van der Waals surface area contributed by atoms with Crippen LogP contribution in [-0.4, -0.2) is 11.9 Å². The normalized spacial score (nSPS) is 13.8. The number of carbonyl (C=O) groups excluding carboxylic acids is 2. The summed E-state index contributed by atoms with van der Waals surface area (Å²) in [5, 5.41) is 0. The molecule has 1 aromatic rings. The fraction of sp³-hybridized carbons (Fsp3) is 0.556. The maximum atomic E-state index is 11.8. The lowest BCUT2D eigenvalue weighted by Crippen LogP contribution is -2.18. The summed E-state index contributed by atoms with van der Waals surface area (Å²) in [7, 11) is 0. The van der Waals surface area contributed by atoms with Gasteiger partial charge in [0.2, 0.25) is 0 Å². The summed E-state index contributed by atoms with van der Waals surface area (Å²) in [4.78, 5) is 23.5. The first-order valence-corrected chi connectivity index (χ1v) is 7.73. The molecule has 0 amide bonds. The zero-order valence-corrected chi connectivity index (χ0v) is 14.3. The molecular formula is C18H26O4. The van der Waals surface area contributed by atoms with Crippen molar-refractivity contribution in [2.24, 2.45) is 11.8 Å². The minimum absolute atomic E-state index is 0.175. The van der Waals surface area contributed by atoms with E-state index in [1.807, 2.05) is 38.1 Å². The second-order valence-electron chi connectivity index (χ2n) is 6.10. The maximum Gasteiger partial charge on any atom is 0.308 e. The second-order valence-corrected chi connectivity index (χ2v) is 6.10. The molecule has 0 unspecified atom stereocenters. The van der Waals surface area contributed by atoms with Crippen LogP contribution in [0, 0.1) is 11.8 Å². The van der Waals surface area contributed by atoms with Crippen LogP contribution in [0.2, 0.25) is 0 Å². The Kier molecular flexibility index (Phi) is 6.60. The van der Waals surface area contributed by atoms with Gasteiger partial charge in [-0.2, -0.15) is 0 Å². The lowest BCUT2D eigenvalue weighted by Gasteiger charge is -2.22. The van der Waals surface area contributed by atoms with Crippen molar-refractivity contribution in [1.29, 1.82) is 0 Å². The average Bonchev–Trinajstić information content (AvgIpc) is 2.46. The summed E-state index contributed by atoms with van der Waals surface area (Å²) in [5.74, 6) is -0.833. The number of rotatable bonds is 6. The van der Waals surface area contributed by atoms with Crippen LogP contribution in [0.3, 0.4) is 0 Å². The molecule has 0 bridgehead atoms. The lowest BCUT2D eigenvalue weighted by molar-refractivity contribution is -0.154. The van der Waals surface area contributed by atoms with Crippen molar-refractivity contribution >= 4 is 11.9 Å². The van der Waals surface area contributed by atoms with Gasteiger partial charge in [-0.05, 0) is 25.0 Å². The topological polar surface area (TPSA) is 52.6 Å². The summed E-state index contributed by atoms with van der Waals surface area (Å²) >= 11 is 0. The number of benzene rings is 1. The molecule has 0 aliphatic heterocycles. The molecule has 0 N–H and O–H groups in total. The summed E-state index contributed by atoms with van der Waals surface area (Å²) in [5.41, 5.74) is 1.72. The number of hydrogen-bond acceptors (Lipinski definition) is 4. The van der Waals surface area contributed by atoms with Crippen LogP contribution in [0.5, 0.6) is 0 Å². The quantitative estimate of drug-likeness (QED) is 0.739. The van der Waals surface area contributed by atoms with Gasteiger partial charge in [0.05, 0.1) is 11.8 Å². The summed E-state index contributed by atoms with van der Waals surface area (Å²) in [6.45, 7) is 10.9. The first kappa shape index (κ1) is 18.2. The van der Waals surface area contributed by atoms with Crippen molar-refractivity contribution in [3.8, 4) is 0 Å². The van der Waals surface area contributed by atoms with Crippen LogP contribution >= 0.6 is 0 Å². The predicted molar refractivity (Wildman–Crippen MR) is 85.1 cm³/mol. The smallest absolute Gasteiger partial charge is 0.308 e. The fourth-order valence-electron chi connectivity index (χ4n) is 2.00. The summed E-state index contributed by atoms with van der Waals surface area (Å²) < 4.78 is 10.9. The third-order valence-corrected chi connectivity index (χ3v) is 3.40. The van der Waals surface area contributed by atoms with Crippen LogP contribution in [0.4, 0.5) is 0 Å². The van der Waals surface area contributed by atoms with Gasteiger partial charge < -0.3 is 9.47 Å². The van der Waals surface area contributed by atoms with E-state index in [1.54, 1.807) is 27.7 Å². The van der Waals surface area contributed by atoms with Gasteiger partial charge in [-0.3, -0.25) is 9.59 Å². The van der Waals surface area contributed by atoms with E-state index in [9.17, 15) is 9.59 Å². The molecule has 0 spiro atoms. The van der Waals surface area contributed by atoms with Gasteiger partial charge in [0.15, 0.2) is 0 Å². The molecule has 122 valence electrons. The highest BCUT2D eigenvalue weighted by Crippen LogP contribution is 2.29. The van der Waals surface area contributed by atoms with Crippen molar-refractivity contribution < 1.29 is 19.1 Å². The molecule has 4 nitrogen and oxygen atoms in total. The molecule has 2 atom stereocenters. The maximum absolute atomic E-state index is 11.8. The average molecular weight is 306 g/mol. The fourth-order valence-corrected chi connectivity index (χ4v) is 2.00. The SMILES string of the molecule is CC(C)C(=O)O[C@@H](C)c1ccccc1[C@@H](C)OC(=O)C(C)C. The van der Waals surface area contributed by atoms with E-state index in [0.29, 0.717) is 0 Å². The van der Waals surface area contributed by atoms with Crippen molar-refractivity contribution in [2.45, 2.75) is 53.8 Å². The van der Waals surface area contributed by atoms with Gasteiger partial charge in [-0.1, -0.05) is 52.0 Å². The zero-order chi connectivity index (χ0) is 16.9. The van der Waals surface area contributed by atoms with Gasteiger partial charge in [-0.25, -0.2) is 0 Å². The minimum Gasteiger partial charge on any atom is -0.458 e. The highest BCUT2D eigenvalue weighted by Gasteiger charge is 2.22. The molecule has 0 aromatic heterocycles. The Labute approximate surface area is 132 Å². The lowest BCUT2D eigenvalue weighted by atomic mass is 9.99. The van der Waals surface area contributed by atoms with Crippen molar-refractivity contribution in [3.63, 3.8) is 0 Å². The van der Waals surface area contributed by atoms with E-state index in [-0.39, 0.29) is 36.0 Å². The molecule has 0 saturated carbocycles. The number of esters is 2. The Bertz CT molecular complexity index is 473. The molecular weight excluding hydrogens is 280 g/mol. The van der Waals surface area contributed by atoms with Crippen LogP contribution in [0.25, 0.3) is 0 Å². The highest BCUT2D eigenvalue weighted by atomic mass is 16.5. The molecule has 0 aliphatic rings. The summed E-state index contributed by atoms with van der Waals surface area (Å²) in [6.07, 6.45) is -0.766. The molecule has 0 heterocycles. The van der Waals surface area contributed by atoms with Crippen molar-refractivity contribution in [2.75, 3.05) is 0 Å². The molecule has 0 saturated heterocycles. The van der Waals surface area contributed by atoms with Gasteiger partial charge in [0.1, 0.15) is 12.2 Å². The Balaban J connectivity index is 2.93. The van der Waals surface area contributed by atoms with Gasteiger partial charge in [0, 0.05) is 0 Å². The molecule has 0 fully saturated rings. The Morgan fingerprint density at radius 1 is 0.727 bits per heavy atom.